The van der Waals surface area contributed by atoms with Gasteiger partial charge in [-0.1, -0.05) is 37.5 Å². The molecule has 1 heterocycles. The van der Waals surface area contributed by atoms with Crippen LogP contribution in [0, 0.1) is 6.92 Å². The lowest BCUT2D eigenvalue weighted by molar-refractivity contribution is 0.145. The first-order valence-electron chi connectivity index (χ1n) is 7.84. The summed E-state index contributed by atoms with van der Waals surface area (Å²) in [5.74, 6) is 0. The molecule has 1 aromatic carbocycles. The molecule has 1 aromatic rings. The average molecular weight is 260 g/mol. The average Bonchev–Trinajstić information content (AvgIpc) is 2.43. The standard InChI is InChI=1S/C17H28N2/c1-3-6-17-7-4-5-13-19(17)14-12-18-16-10-8-15(2)9-11-16/h8-11,17-18H,3-7,12-14H2,1-2H3. The van der Waals surface area contributed by atoms with E-state index >= 15 is 0 Å². The monoisotopic (exact) mass is 260 g/mol. The van der Waals surface area contributed by atoms with Crippen molar-refractivity contribution in [3.05, 3.63) is 29.8 Å². The molecule has 0 amide bonds. The number of piperidine rings is 1. The van der Waals surface area contributed by atoms with Gasteiger partial charge in [-0.2, -0.15) is 0 Å². The minimum Gasteiger partial charge on any atom is -0.384 e. The number of hydrogen-bond donors (Lipinski definition) is 1. The van der Waals surface area contributed by atoms with Crippen molar-refractivity contribution in [1.29, 1.82) is 0 Å². The van der Waals surface area contributed by atoms with Crippen molar-refractivity contribution in [2.45, 2.75) is 52.0 Å². The molecule has 1 unspecified atom stereocenters. The maximum atomic E-state index is 3.54. The molecule has 0 radical (unpaired) electrons. The van der Waals surface area contributed by atoms with Crippen LogP contribution in [0.2, 0.25) is 0 Å². The van der Waals surface area contributed by atoms with Crippen LogP contribution in [0.25, 0.3) is 0 Å². The Bertz CT molecular complexity index is 356. The Balaban J connectivity index is 1.75. The molecule has 1 aliphatic heterocycles. The Kier molecular flexibility index (Phi) is 5.71. The molecule has 1 aliphatic rings. The van der Waals surface area contributed by atoms with Crippen LogP contribution in [-0.4, -0.2) is 30.6 Å². The van der Waals surface area contributed by atoms with Crippen molar-refractivity contribution in [3.8, 4) is 0 Å². The molecule has 2 nitrogen and oxygen atoms in total. The van der Waals surface area contributed by atoms with Gasteiger partial charge in [0.15, 0.2) is 0 Å². The Morgan fingerprint density at radius 3 is 2.74 bits per heavy atom. The molecule has 0 aromatic heterocycles. The van der Waals surface area contributed by atoms with Crippen molar-refractivity contribution in [1.82, 2.24) is 4.90 Å². The minimum absolute atomic E-state index is 0.832. The molecular formula is C17H28N2. The van der Waals surface area contributed by atoms with Gasteiger partial charge in [-0.25, -0.2) is 0 Å². The van der Waals surface area contributed by atoms with Crippen molar-refractivity contribution in [2.24, 2.45) is 0 Å². The zero-order valence-electron chi connectivity index (χ0n) is 12.5. The quantitative estimate of drug-likeness (QED) is 0.829. The van der Waals surface area contributed by atoms with Gasteiger partial charge in [-0.3, -0.25) is 4.90 Å². The number of likely N-dealkylation sites (tertiary alicyclic amines) is 1. The highest BCUT2D eigenvalue weighted by Crippen LogP contribution is 2.20. The number of nitrogens with one attached hydrogen (secondary N) is 1. The second-order valence-corrected chi connectivity index (χ2v) is 5.77. The summed E-state index contributed by atoms with van der Waals surface area (Å²) in [7, 11) is 0. The second-order valence-electron chi connectivity index (χ2n) is 5.77. The van der Waals surface area contributed by atoms with Crippen LogP contribution in [0.3, 0.4) is 0 Å². The van der Waals surface area contributed by atoms with Crippen molar-refractivity contribution >= 4 is 5.69 Å². The van der Waals surface area contributed by atoms with Crippen LogP contribution < -0.4 is 5.32 Å². The summed E-state index contributed by atoms with van der Waals surface area (Å²) in [5, 5.41) is 3.54. The minimum atomic E-state index is 0.832. The van der Waals surface area contributed by atoms with Crippen LogP contribution in [0.1, 0.15) is 44.6 Å². The number of benzene rings is 1. The first kappa shape index (κ1) is 14.4. The summed E-state index contributed by atoms with van der Waals surface area (Å²) in [6.45, 7) is 7.96. The lowest BCUT2D eigenvalue weighted by Gasteiger charge is -2.35. The van der Waals surface area contributed by atoms with Gasteiger partial charge in [0, 0.05) is 24.8 Å². The molecule has 0 bridgehead atoms. The van der Waals surface area contributed by atoms with Gasteiger partial charge < -0.3 is 5.32 Å². The number of nitrogens with zero attached hydrogens (tertiary/aromatic N) is 1. The maximum absolute atomic E-state index is 3.54. The largest absolute Gasteiger partial charge is 0.384 e. The summed E-state index contributed by atoms with van der Waals surface area (Å²) in [6, 6.07) is 9.52. The van der Waals surface area contributed by atoms with Gasteiger partial charge in [-0.15, -0.1) is 0 Å². The van der Waals surface area contributed by atoms with Crippen LogP contribution in [0.15, 0.2) is 24.3 Å². The van der Waals surface area contributed by atoms with Gasteiger partial charge >= 0.3 is 0 Å². The molecule has 1 atom stereocenters. The number of anilines is 1. The summed E-state index contributed by atoms with van der Waals surface area (Å²) >= 11 is 0. The van der Waals surface area contributed by atoms with Crippen molar-refractivity contribution < 1.29 is 0 Å². The molecule has 1 fully saturated rings. The molecule has 2 rings (SSSR count). The Morgan fingerprint density at radius 1 is 1.21 bits per heavy atom. The summed E-state index contributed by atoms with van der Waals surface area (Å²) in [4.78, 5) is 2.69. The van der Waals surface area contributed by atoms with E-state index in [1.54, 1.807) is 0 Å². The third-order valence-electron chi connectivity index (χ3n) is 4.15. The zero-order chi connectivity index (χ0) is 13.5. The summed E-state index contributed by atoms with van der Waals surface area (Å²) in [6.07, 6.45) is 6.88. The molecule has 2 heteroatoms. The third kappa shape index (κ3) is 4.54. The fourth-order valence-corrected chi connectivity index (χ4v) is 3.03. The molecule has 1 saturated heterocycles. The highest BCUT2D eigenvalue weighted by molar-refractivity contribution is 5.44. The number of aryl methyl sites for hydroxylation is 1. The smallest absolute Gasteiger partial charge is 0.0340 e. The van der Waals surface area contributed by atoms with Gasteiger partial charge in [0.2, 0.25) is 0 Å². The summed E-state index contributed by atoms with van der Waals surface area (Å²) in [5.41, 5.74) is 2.57. The van der Waals surface area contributed by atoms with E-state index in [9.17, 15) is 0 Å². The molecule has 0 saturated carbocycles. The van der Waals surface area contributed by atoms with E-state index in [1.165, 1.54) is 56.4 Å². The molecule has 106 valence electrons. The van der Waals surface area contributed by atoms with Crippen LogP contribution in [0.5, 0.6) is 0 Å². The Morgan fingerprint density at radius 2 is 2.00 bits per heavy atom. The van der Waals surface area contributed by atoms with E-state index in [0.29, 0.717) is 0 Å². The highest BCUT2D eigenvalue weighted by atomic mass is 15.2. The van der Waals surface area contributed by atoms with E-state index < -0.39 is 0 Å². The van der Waals surface area contributed by atoms with E-state index in [-0.39, 0.29) is 0 Å². The lowest BCUT2D eigenvalue weighted by atomic mass is 9.98. The molecule has 19 heavy (non-hydrogen) atoms. The number of rotatable bonds is 6. The number of hydrogen-bond acceptors (Lipinski definition) is 2. The van der Waals surface area contributed by atoms with E-state index in [0.717, 1.165) is 12.6 Å². The van der Waals surface area contributed by atoms with Crippen LogP contribution in [-0.2, 0) is 0 Å². The van der Waals surface area contributed by atoms with E-state index in [4.69, 9.17) is 0 Å². The normalized spacial score (nSPS) is 20.4. The van der Waals surface area contributed by atoms with Crippen molar-refractivity contribution in [2.75, 3.05) is 25.0 Å². The Hall–Kier alpha value is -1.02. The predicted molar refractivity (Wildman–Crippen MR) is 83.8 cm³/mol. The van der Waals surface area contributed by atoms with Gasteiger partial charge in [-0.05, 0) is 44.9 Å². The van der Waals surface area contributed by atoms with Gasteiger partial charge in [0.05, 0.1) is 0 Å². The van der Waals surface area contributed by atoms with E-state index in [2.05, 4.69) is 48.3 Å². The van der Waals surface area contributed by atoms with Crippen molar-refractivity contribution in [3.63, 3.8) is 0 Å². The van der Waals surface area contributed by atoms with Gasteiger partial charge in [0.25, 0.3) is 0 Å². The summed E-state index contributed by atoms with van der Waals surface area (Å²) < 4.78 is 0. The van der Waals surface area contributed by atoms with Crippen LogP contribution in [0.4, 0.5) is 5.69 Å². The van der Waals surface area contributed by atoms with E-state index in [1.807, 2.05) is 0 Å². The second kappa shape index (κ2) is 7.54. The fourth-order valence-electron chi connectivity index (χ4n) is 3.03. The SMILES string of the molecule is CCCC1CCCCN1CCNc1ccc(C)cc1. The molecule has 0 aliphatic carbocycles. The highest BCUT2D eigenvalue weighted by Gasteiger charge is 2.20. The van der Waals surface area contributed by atoms with Gasteiger partial charge in [0.1, 0.15) is 0 Å². The molecule has 1 N–H and O–H groups in total. The topological polar surface area (TPSA) is 15.3 Å². The third-order valence-corrected chi connectivity index (χ3v) is 4.15. The Labute approximate surface area is 118 Å². The molecular weight excluding hydrogens is 232 g/mol. The predicted octanol–water partition coefficient (Wildman–Crippen LogP) is 4.06. The van der Waals surface area contributed by atoms with Crippen LogP contribution >= 0.6 is 0 Å². The molecule has 0 spiro atoms. The first-order valence-corrected chi connectivity index (χ1v) is 7.84. The lowest BCUT2D eigenvalue weighted by Crippen LogP contribution is -2.41. The fraction of sp³-hybridized carbons (Fsp3) is 0.647. The zero-order valence-corrected chi connectivity index (χ0v) is 12.5. The first-order chi connectivity index (χ1) is 9.29. The maximum Gasteiger partial charge on any atom is 0.0340 e.